The van der Waals surface area contributed by atoms with Crippen LogP contribution in [0.1, 0.15) is 24.2 Å². The van der Waals surface area contributed by atoms with E-state index in [1.54, 1.807) is 18.7 Å². The Morgan fingerprint density at radius 1 is 1.23 bits per heavy atom. The molecule has 2 heterocycles. The van der Waals surface area contributed by atoms with Crippen LogP contribution >= 0.6 is 11.8 Å². The van der Waals surface area contributed by atoms with Crippen molar-refractivity contribution in [2.45, 2.75) is 38.2 Å². The number of thioether (sulfide) groups is 1. The van der Waals surface area contributed by atoms with Gasteiger partial charge in [0.15, 0.2) is 16.8 Å². The van der Waals surface area contributed by atoms with Crippen molar-refractivity contribution in [3.05, 3.63) is 41.5 Å². The van der Waals surface area contributed by atoms with Crippen molar-refractivity contribution in [2.75, 3.05) is 0 Å². The molecule has 0 fully saturated rings. The van der Waals surface area contributed by atoms with E-state index in [0.29, 0.717) is 17.5 Å². The fourth-order valence-corrected chi connectivity index (χ4v) is 3.05. The highest BCUT2D eigenvalue weighted by Gasteiger charge is 2.14. The number of hydrogen-bond acceptors (Lipinski definition) is 6. The molecule has 0 aliphatic heterocycles. The van der Waals surface area contributed by atoms with Crippen LogP contribution in [-0.4, -0.2) is 24.9 Å². The van der Waals surface area contributed by atoms with Crippen LogP contribution in [0.2, 0.25) is 0 Å². The van der Waals surface area contributed by atoms with Gasteiger partial charge in [-0.25, -0.2) is 0 Å². The lowest BCUT2D eigenvalue weighted by atomic mass is 10.1. The summed E-state index contributed by atoms with van der Waals surface area (Å²) in [6.07, 6.45) is 0. The molecule has 0 N–H and O–H groups in total. The first kappa shape index (κ1) is 14.8. The van der Waals surface area contributed by atoms with Gasteiger partial charge in [-0.15, -0.1) is 10.2 Å². The zero-order valence-electron chi connectivity index (χ0n) is 12.8. The first-order chi connectivity index (χ1) is 10.7. The molecule has 0 bridgehead atoms. The normalized spacial score (nSPS) is 11.0. The molecular formula is C15H17N5OS. The van der Waals surface area contributed by atoms with Crippen LogP contribution in [0.25, 0.3) is 11.4 Å². The molecule has 22 heavy (non-hydrogen) atoms. The number of benzene rings is 1. The van der Waals surface area contributed by atoms with Crippen molar-refractivity contribution in [3.63, 3.8) is 0 Å². The number of rotatable bonds is 5. The lowest BCUT2D eigenvalue weighted by Gasteiger charge is -2.07. The predicted molar refractivity (Wildman–Crippen MR) is 84.5 cm³/mol. The van der Waals surface area contributed by atoms with Crippen molar-refractivity contribution >= 4 is 11.8 Å². The Bertz CT molecular complexity index is 780. The minimum atomic E-state index is 0.577. The van der Waals surface area contributed by atoms with Crippen LogP contribution in [0.3, 0.4) is 0 Å². The number of hydrogen-bond donors (Lipinski definition) is 0. The van der Waals surface area contributed by atoms with Gasteiger partial charge in [-0.1, -0.05) is 40.7 Å². The Kier molecular flexibility index (Phi) is 4.24. The van der Waals surface area contributed by atoms with Crippen molar-refractivity contribution in [3.8, 4) is 11.4 Å². The van der Waals surface area contributed by atoms with Crippen molar-refractivity contribution < 1.29 is 4.52 Å². The van der Waals surface area contributed by atoms with Gasteiger partial charge in [0.2, 0.25) is 5.89 Å². The lowest BCUT2D eigenvalue weighted by Crippen LogP contribution is -2.00. The van der Waals surface area contributed by atoms with E-state index in [0.717, 1.165) is 23.1 Å². The molecule has 0 atom stereocenters. The SMILES string of the molecule is CCn1c(SCc2noc(C)n2)nnc1-c1cccc(C)c1. The average Bonchev–Trinajstić information content (AvgIpc) is 3.10. The summed E-state index contributed by atoms with van der Waals surface area (Å²) < 4.78 is 7.08. The quantitative estimate of drug-likeness (QED) is 0.673. The topological polar surface area (TPSA) is 69.6 Å². The maximum absolute atomic E-state index is 4.98. The van der Waals surface area contributed by atoms with Gasteiger partial charge in [0, 0.05) is 19.0 Å². The Labute approximate surface area is 133 Å². The molecule has 0 saturated carbocycles. The zero-order chi connectivity index (χ0) is 15.5. The molecule has 0 aliphatic carbocycles. The second-order valence-corrected chi connectivity index (χ2v) is 5.88. The maximum Gasteiger partial charge on any atom is 0.223 e. The Morgan fingerprint density at radius 3 is 2.77 bits per heavy atom. The summed E-state index contributed by atoms with van der Waals surface area (Å²) in [6, 6.07) is 8.28. The first-order valence-corrected chi connectivity index (χ1v) is 8.08. The maximum atomic E-state index is 4.98. The Hall–Kier alpha value is -2.15. The summed E-state index contributed by atoms with van der Waals surface area (Å²) in [5, 5.41) is 13.4. The van der Waals surface area contributed by atoms with Crippen molar-refractivity contribution in [2.24, 2.45) is 0 Å². The molecule has 1 aromatic carbocycles. The Morgan fingerprint density at radius 2 is 2.09 bits per heavy atom. The third-order valence-electron chi connectivity index (χ3n) is 3.21. The fraction of sp³-hybridized carbons (Fsp3) is 0.333. The molecule has 3 aromatic rings. The summed E-state index contributed by atoms with van der Waals surface area (Å²) in [5.74, 6) is 2.75. The average molecular weight is 315 g/mol. The lowest BCUT2D eigenvalue weighted by molar-refractivity contribution is 0.389. The largest absolute Gasteiger partial charge is 0.340 e. The molecule has 2 aromatic heterocycles. The summed E-state index contributed by atoms with van der Waals surface area (Å²) >= 11 is 1.56. The summed E-state index contributed by atoms with van der Waals surface area (Å²) in [7, 11) is 0. The third kappa shape index (κ3) is 3.04. The molecular weight excluding hydrogens is 298 g/mol. The van der Waals surface area contributed by atoms with E-state index < -0.39 is 0 Å². The molecule has 0 spiro atoms. The van der Waals surface area contributed by atoms with Crippen molar-refractivity contribution in [1.82, 2.24) is 24.9 Å². The molecule has 0 unspecified atom stereocenters. The molecule has 0 radical (unpaired) electrons. The van der Waals surface area contributed by atoms with Crippen LogP contribution in [-0.2, 0) is 12.3 Å². The molecule has 0 amide bonds. The number of aromatic nitrogens is 5. The van der Waals surface area contributed by atoms with Gasteiger partial charge in [-0.2, -0.15) is 4.98 Å². The van der Waals surface area contributed by atoms with E-state index in [-0.39, 0.29) is 0 Å². The molecule has 0 aliphatic rings. The summed E-state index contributed by atoms with van der Waals surface area (Å²) in [4.78, 5) is 4.20. The molecule has 0 saturated heterocycles. The van der Waals surface area contributed by atoms with Gasteiger partial charge in [0.25, 0.3) is 0 Å². The van der Waals surface area contributed by atoms with Gasteiger partial charge in [0.1, 0.15) is 0 Å². The second kappa shape index (κ2) is 6.31. The van der Waals surface area contributed by atoms with Crippen LogP contribution in [0.5, 0.6) is 0 Å². The molecule has 7 heteroatoms. The number of nitrogens with zero attached hydrogens (tertiary/aromatic N) is 5. The van der Waals surface area contributed by atoms with Crippen LogP contribution in [0.4, 0.5) is 0 Å². The molecule has 3 rings (SSSR count). The van der Waals surface area contributed by atoms with Crippen LogP contribution < -0.4 is 0 Å². The standard InChI is InChI=1S/C15H17N5OS/c1-4-20-14(12-7-5-6-10(2)8-12)17-18-15(20)22-9-13-16-11(3)21-19-13/h5-8H,4,9H2,1-3H3. The monoisotopic (exact) mass is 315 g/mol. The highest BCUT2D eigenvalue weighted by Crippen LogP contribution is 2.26. The Balaban J connectivity index is 1.84. The smallest absolute Gasteiger partial charge is 0.223 e. The van der Waals surface area contributed by atoms with Crippen LogP contribution in [0, 0.1) is 13.8 Å². The highest BCUT2D eigenvalue weighted by atomic mass is 32.2. The predicted octanol–water partition coefficient (Wildman–Crippen LogP) is 3.26. The highest BCUT2D eigenvalue weighted by molar-refractivity contribution is 7.98. The van der Waals surface area contributed by atoms with Gasteiger partial charge in [-0.05, 0) is 19.9 Å². The van der Waals surface area contributed by atoms with Gasteiger partial charge in [-0.3, -0.25) is 0 Å². The fourth-order valence-electron chi connectivity index (χ4n) is 2.21. The molecule has 114 valence electrons. The molecule has 6 nitrogen and oxygen atoms in total. The van der Waals surface area contributed by atoms with Gasteiger partial charge in [0.05, 0.1) is 5.75 Å². The van der Waals surface area contributed by atoms with Gasteiger partial charge < -0.3 is 9.09 Å². The van der Waals surface area contributed by atoms with E-state index >= 15 is 0 Å². The summed E-state index contributed by atoms with van der Waals surface area (Å²) in [5.41, 5.74) is 2.29. The van der Waals surface area contributed by atoms with Gasteiger partial charge >= 0.3 is 0 Å². The first-order valence-electron chi connectivity index (χ1n) is 7.09. The third-order valence-corrected chi connectivity index (χ3v) is 4.17. The van der Waals surface area contributed by atoms with Crippen LogP contribution in [0.15, 0.2) is 33.9 Å². The van der Waals surface area contributed by atoms with E-state index in [2.05, 4.69) is 57.0 Å². The second-order valence-electron chi connectivity index (χ2n) is 4.94. The van der Waals surface area contributed by atoms with Crippen molar-refractivity contribution in [1.29, 1.82) is 0 Å². The van der Waals surface area contributed by atoms with E-state index in [9.17, 15) is 0 Å². The van der Waals surface area contributed by atoms with E-state index in [1.165, 1.54) is 5.56 Å². The van der Waals surface area contributed by atoms with E-state index in [4.69, 9.17) is 4.52 Å². The minimum Gasteiger partial charge on any atom is -0.340 e. The van der Waals surface area contributed by atoms with E-state index in [1.807, 2.05) is 6.07 Å². The zero-order valence-corrected chi connectivity index (χ0v) is 13.6. The summed E-state index contributed by atoms with van der Waals surface area (Å²) in [6.45, 7) is 6.76. The number of aryl methyl sites for hydroxylation is 2. The minimum absolute atomic E-state index is 0.577.